The Morgan fingerprint density at radius 3 is 2.48 bits per heavy atom. The van der Waals surface area contributed by atoms with Crippen molar-refractivity contribution in [1.29, 1.82) is 0 Å². The van der Waals surface area contributed by atoms with Crippen LogP contribution >= 0.6 is 0 Å². The fraction of sp³-hybridized carbons (Fsp3) is 0.769. The van der Waals surface area contributed by atoms with E-state index in [1.807, 2.05) is 14.0 Å². The molecule has 0 aliphatic carbocycles. The molecule has 0 aromatic heterocycles. The number of carbonyl (C=O) groups excluding carboxylic acids is 1. The molecule has 1 unspecified atom stereocenters. The molecular formula is C13H23N3O5. The Hall–Kier alpha value is -1.83. The van der Waals surface area contributed by atoms with Crippen molar-refractivity contribution in [2.45, 2.75) is 38.3 Å². The highest BCUT2D eigenvalue weighted by Crippen LogP contribution is 2.12. The van der Waals surface area contributed by atoms with Crippen LogP contribution in [0.15, 0.2) is 0 Å². The van der Waals surface area contributed by atoms with Crippen LogP contribution in [0.5, 0.6) is 0 Å². The molecule has 3 N–H and O–H groups in total. The molecule has 0 radical (unpaired) electrons. The Morgan fingerprint density at radius 1 is 1.29 bits per heavy atom. The average Bonchev–Trinajstić information content (AvgIpc) is 2.58. The van der Waals surface area contributed by atoms with Gasteiger partial charge in [0.05, 0.1) is 6.42 Å². The molecule has 8 heteroatoms. The van der Waals surface area contributed by atoms with Crippen LogP contribution < -0.4 is 5.32 Å². The van der Waals surface area contributed by atoms with Crippen LogP contribution in [0.4, 0.5) is 4.79 Å². The molecule has 21 heavy (non-hydrogen) atoms. The maximum atomic E-state index is 12.3. The van der Waals surface area contributed by atoms with Crippen molar-refractivity contribution in [3.8, 4) is 0 Å². The summed E-state index contributed by atoms with van der Waals surface area (Å²) in [6, 6.07) is -1.92. The third-order valence-electron chi connectivity index (χ3n) is 3.61. The predicted octanol–water partition coefficient (Wildman–Crippen LogP) is 0.0400. The lowest BCUT2D eigenvalue weighted by molar-refractivity contribution is -0.145. The van der Waals surface area contributed by atoms with Crippen LogP contribution in [0.25, 0.3) is 0 Å². The van der Waals surface area contributed by atoms with Gasteiger partial charge in [-0.05, 0) is 26.4 Å². The van der Waals surface area contributed by atoms with Gasteiger partial charge in [-0.15, -0.1) is 0 Å². The summed E-state index contributed by atoms with van der Waals surface area (Å²) in [6.45, 7) is 4.10. The van der Waals surface area contributed by atoms with Gasteiger partial charge in [0, 0.05) is 19.1 Å². The molecule has 0 aromatic carbocycles. The van der Waals surface area contributed by atoms with Gasteiger partial charge in [-0.2, -0.15) is 0 Å². The smallest absolute Gasteiger partial charge is 0.326 e. The second-order valence-electron chi connectivity index (χ2n) is 5.31. The maximum absolute atomic E-state index is 12.3. The van der Waals surface area contributed by atoms with Gasteiger partial charge in [-0.1, -0.05) is 6.92 Å². The number of nitrogens with one attached hydrogen (secondary N) is 1. The number of urea groups is 1. The number of nitrogens with zero attached hydrogens (tertiary/aromatic N) is 2. The van der Waals surface area contributed by atoms with E-state index in [1.165, 1.54) is 0 Å². The number of hydrogen-bond acceptors (Lipinski definition) is 4. The molecule has 120 valence electrons. The fourth-order valence-corrected chi connectivity index (χ4v) is 2.47. The SMILES string of the molecule is CCC1CN(C)CCCN1C(=O)N[C@@H](CC(=O)O)C(=O)O. The first-order valence-corrected chi connectivity index (χ1v) is 7.05. The Kier molecular flexibility index (Phi) is 6.41. The Bertz CT molecular complexity index is 401. The molecule has 0 aromatic rings. The number of carbonyl (C=O) groups is 3. The molecule has 8 nitrogen and oxygen atoms in total. The number of rotatable bonds is 5. The van der Waals surface area contributed by atoms with E-state index in [9.17, 15) is 14.4 Å². The lowest BCUT2D eigenvalue weighted by Gasteiger charge is -2.31. The molecule has 2 atom stereocenters. The Balaban J connectivity index is 2.74. The first-order chi connectivity index (χ1) is 9.85. The fourth-order valence-electron chi connectivity index (χ4n) is 2.47. The molecule has 1 heterocycles. The minimum Gasteiger partial charge on any atom is -0.481 e. The van der Waals surface area contributed by atoms with Gasteiger partial charge < -0.3 is 25.3 Å². The van der Waals surface area contributed by atoms with E-state index in [-0.39, 0.29) is 6.04 Å². The molecular weight excluding hydrogens is 278 g/mol. The lowest BCUT2D eigenvalue weighted by Crippen LogP contribution is -2.53. The van der Waals surface area contributed by atoms with Crippen LogP contribution in [0.2, 0.25) is 0 Å². The summed E-state index contributed by atoms with van der Waals surface area (Å²) < 4.78 is 0. The van der Waals surface area contributed by atoms with E-state index in [2.05, 4.69) is 10.2 Å². The van der Waals surface area contributed by atoms with Crippen molar-refractivity contribution in [2.75, 3.05) is 26.7 Å². The van der Waals surface area contributed by atoms with E-state index in [0.717, 1.165) is 25.9 Å². The van der Waals surface area contributed by atoms with Crippen LogP contribution in [0, 0.1) is 0 Å². The highest BCUT2D eigenvalue weighted by atomic mass is 16.4. The van der Waals surface area contributed by atoms with E-state index in [0.29, 0.717) is 6.54 Å². The molecule has 1 fully saturated rings. The van der Waals surface area contributed by atoms with E-state index >= 15 is 0 Å². The predicted molar refractivity (Wildman–Crippen MR) is 75.1 cm³/mol. The number of hydrogen-bond donors (Lipinski definition) is 3. The molecule has 2 amide bonds. The number of carboxylic acids is 2. The van der Waals surface area contributed by atoms with Gasteiger partial charge in [-0.3, -0.25) is 4.79 Å². The van der Waals surface area contributed by atoms with Crippen LogP contribution in [-0.4, -0.2) is 76.7 Å². The van der Waals surface area contributed by atoms with Gasteiger partial charge in [0.25, 0.3) is 0 Å². The minimum atomic E-state index is -1.41. The van der Waals surface area contributed by atoms with Crippen molar-refractivity contribution in [3.63, 3.8) is 0 Å². The molecule has 0 spiro atoms. The zero-order valence-corrected chi connectivity index (χ0v) is 12.4. The molecule has 1 saturated heterocycles. The molecule has 0 bridgehead atoms. The van der Waals surface area contributed by atoms with E-state index < -0.39 is 30.4 Å². The first kappa shape index (κ1) is 17.2. The number of carboxylic acid groups (broad SMARTS) is 2. The summed E-state index contributed by atoms with van der Waals surface area (Å²) in [6.07, 6.45) is 0.928. The van der Waals surface area contributed by atoms with Gasteiger partial charge in [0.15, 0.2) is 0 Å². The number of likely N-dealkylation sites (N-methyl/N-ethyl adjacent to an activating group) is 1. The molecule has 0 saturated carbocycles. The molecule has 1 aliphatic rings. The van der Waals surface area contributed by atoms with E-state index in [4.69, 9.17) is 10.2 Å². The van der Waals surface area contributed by atoms with Gasteiger partial charge in [0.1, 0.15) is 6.04 Å². The van der Waals surface area contributed by atoms with Gasteiger partial charge in [-0.25, -0.2) is 9.59 Å². The zero-order valence-electron chi connectivity index (χ0n) is 12.4. The van der Waals surface area contributed by atoms with Crippen molar-refractivity contribution in [2.24, 2.45) is 0 Å². The summed E-state index contributed by atoms with van der Waals surface area (Å²) >= 11 is 0. The van der Waals surface area contributed by atoms with Gasteiger partial charge >= 0.3 is 18.0 Å². The first-order valence-electron chi connectivity index (χ1n) is 7.05. The zero-order chi connectivity index (χ0) is 16.0. The second kappa shape index (κ2) is 7.82. The monoisotopic (exact) mass is 301 g/mol. The van der Waals surface area contributed by atoms with Crippen LogP contribution in [-0.2, 0) is 9.59 Å². The number of aliphatic carboxylic acids is 2. The molecule has 1 rings (SSSR count). The normalized spacial score (nSPS) is 21.4. The maximum Gasteiger partial charge on any atom is 0.326 e. The summed E-state index contributed by atoms with van der Waals surface area (Å²) in [5.74, 6) is -2.60. The highest BCUT2D eigenvalue weighted by molar-refractivity contribution is 5.86. The third kappa shape index (κ3) is 5.22. The highest BCUT2D eigenvalue weighted by Gasteiger charge is 2.30. The average molecular weight is 301 g/mol. The summed E-state index contributed by atoms with van der Waals surface area (Å²) in [7, 11) is 1.98. The van der Waals surface area contributed by atoms with Gasteiger partial charge in [0.2, 0.25) is 0 Å². The quantitative estimate of drug-likeness (QED) is 0.661. The van der Waals surface area contributed by atoms with Crippen molar-refractivity contribution in [1.82, 2.24) is 15.1 Å². The summed E-state index contributed by atoms with van der Waals surface area (Å²) in [5.41, 5.74) is 0. The largest absolute Gasteiger partial charge is 0.481 e. The molecule has 1 aliphatic heterocycles. The Morgan fingerprint density at radius 2 is 1.95 bits per heavy atom. The Labute approximate surface area is 123 Å². The second-order valence-corrected chi connectivity index (χ2v) is 5.31. The summed E-state index contributed by atoms with van der Waals surface area (Å²) in [4.78, 5) is 37.7. The van der Waals surface area contributed by atoms with Crippen LogP contribution in [0.3, 0.4) is 0 Å². The third-order valence-corrected chi connectivity index (χ3v) is 3.61. The van der Waals surface area contributed by atoms with Crippen molar-refractivity contribution >= 4 is 18.0 Å². The number of amides is 2. The van der Waals surface area contributed by atoms with E-state index in [1.54, 1.807) is 4.90 Å². The van der Waals surface area contributed by atoms with Crippen LogP contribution in [0.1, 0.15) is 26.2 Å². The van der Waals surface area contributed by atoms with Crippen molar-refractivity contribution in [3.05, 3.63) is 0 Å². The van der Waals surface area contributed by atoms with Crippen molar-refractivity contribution < 1.29 is 24.6 Å². The standard InChI is InChI=1S/C13H23N3O5/c1-3-9-8-15(2)5-4-6-16(9)13(21)14-10(12(19)20)7-11(17)18/h9-10H,3-8H2,1-2H3,(H,14,21)(H,17,18)(H,19,20)/t9?,10-/m0/s1. The topological polar surface area (TPSA) is 110 Å². The lowest BCUT2D eigenvalue weighted by atomic mass is 10.2. The minimum absolute atomic E-state index is 0.00299. The summed E-state index contributed by atoms with van der Waals surface area (Å²) in [5, 5.41) is 20.0.